The van der Waals surface area contributed by atoms with Crippen LogP contribution < -0.4 is 15.0 Å². The molecule has 1 heterocycles. The standard InChI is InChI=1S/C26H29N2O/c1-4-24-11-8-12-25(28(24)16-15-27)14-13-23-17-20(2)26(21(3)18-23)29-19-22-9-6-5-7-10-22/h4-14,17-18H,1,15-16,19,27H2,2-3H3/q+1/b14-13+. The fourth-order valence-corrected chi connectivity index (χ4v) is 3.50. The quantitative estimate of drug-likeness (QED) is 0.558. The molecule has 0 aliphatic carbocycles. The number of aryl methyl sites for hydroxylation is 2. The Morgan fingerprint density at radius 3 is 2.28 bits per heavy atom. The number of pyridine rings is 1. The molecule has 1 aromatic heterocycles. The lowest BCUT2D eigenvalue weighted by atomic mass is 10.0. The van der Waals surface area contributed by atoms with Gasteiger partial charge >= 0.3 is 0 Å². The van der Waals surface area contributed by atoms with Gasteiger partial charge in [0.05, 0.1) is 6.54 Å². The van der Waals surface area contributed by atoms with Gasteiger partial charge in [-0.3, -0.25) is 0 Å². The maximum atomic E-state index is 6.10. The molecule has 2 aromatic carbocycles. The number of nitrogens with two attached hydrogens (primary N) is 1. The van der Waals surface area contributed by atoms with Crippen LogP contribution in [0.2, 0.25) is 0 Å². The van der Waals surface area contributed by atoms with Crippen molar-refractivity contribution >= 4 is 18.2 Å². The maximum Gasteiger partial charge on any atom is 0.205 e. The van der Waals surface area contributed by atoms with Gasteiger partial charge in [0.2, 0.25) is 11.4 Å². The Labute approximate surface area is 173 Å². The molecular formula is C26H29N2O+. The smallest absolute Gasteiger partial charge is 0.205 e. The summed E-state index contributed by atoms with van der Waals surface area (Å²) in [5, 5.41) is 0. The molecule has 0 unspecified atom stereocenters. The number of ether oxygens (including phenoxy) is 1. The number of hydrogen-bond acceptors (Lipinski definition) is 2. The highest BCUT2D eigenvalue weighted by molar-refractivity contribution is 5.69. The summed E-state index contributed by atoms with van der Waals surface area (Å²) in [6.45, 7) is 10.0. The zero-order chi connectivity index (χ0) is 20.6. The van der Waals surface area contributed by atoms with Crippen LogP contribution in [0.3, 0.4) is 0 Å². The molecule has 0 spiro atoms. The van der Waals surface area contributed by atoms with Crippen LogP contribution in [-0.4, -0.2) is 6.54 Å². The summed E-state index contributed by atoms with van der Waals surface area (Å²) in [5.41, 5.74) is 12.5. The molecular weight excluding hydrogens is 356 g/mol. The molecule has 0 aliphatic heterocycles. The fraction of sp³-hybridized carbons (Fsp3) is 0.192. The third-order valence-electron chi connectivity index (χ3n) is 4.87. The van der Waals surface area contributed by atoms with Gasteiger partial charge in [-0.25, -0.2) is 0 Å². The second kappa shape index (κ2) is 9.85. The van der Waals surface area contributed by atoms with Gasteiger partial charge in [-0.1, -0.05) is 36.9 Å². The number of aromatic nitrogens is 1. The third kappa shape index (κ3) is 5.21. The van der Waals surface area contributed by atoms with E-state index in [1.807, 2.05) is 36.4 Å². The Morgan fingerprint density at radius 2 is 1.62 bits per heavy atom. The maximum absolute atomic E-state index is 6.10. The molecule has 2 N–H and O–H groups in total. The lowest BCUT2D eigenvalue weighted by Gasteiger charge is -2.13. The molecule has 3 aromatic rings. The minimum absolute atomic E-state index is 0.575. The third-order valence-corrected chi connectivity index (χ3v) is 4.87. The van der Waals surface area contributed by atoms with E-state index in [-0.39, 0.29) is 0 Å². The fourth-order valence-electron chi connectivity index (χ4n) is 3.50. The normalized spacial score (nSPS) is 11.0. The first-order valence-corrected chi connectivity index (χ1v) is 9.94. The van der Waals surface area contributed by atoms with Gasteiger partial charge < -0.3 is 10.5 Å². The van der Waals surface area contributed by atoms with Gasteiger partial charge in [-0.15, -0.1) is 0 Å². The Kier molecular flexibility index (Phi) is 6.99. The number of benzene rings is 2. The topological polar surface area (TPSA) is 39.1 Å². The first kappa shape index (κ1) is 20.6. The summed E-state index contributed by atoms with van der Waals surface area (Å²) < 4.78 is 8.28. The Morgan fingerprint density at radius 1 is 0.931 bits per heavy atom. The summed E-state index contributed by atoms with van der Waals surface area (Å²) in [7, 11) is 0. The Hall–Kier alpha value is -3.17. The van der Waals surface area contributed by atoms with Crippen LogP contribution in [0.1, 0.15) is 33.6 Å². The van der Waals surface area contributed by atoms with E-state index in [1.165, 1.54) is 5.56 Å². The molecule has 3 rings (SSSR count). The molecule has 148 valence electrons. The van der Waals surface area contributed by atoms with E-state index in [2.05, 4.69) is 67.5 Å². The van der Waals surface area contributed by atoms with Crippen molar-refractivity contribution < 1.29 is 9.30 Å². The molecule has 0 atom stereocenters. The molecule has 0 bridgehead atoms. The monoisotopic (exact) mass is 385 g/mol. The van der Waals surface area contributed by atoms with E-state index in [4.69, 9.17) is 10.5 Å². The predicted octanol–water partition coefficient (Wildman–Crippen LogP) is 4.94. The van der Waals surface area contributed by atoms with Crippen LogP contribution in [0.25, 0.3) is 18.2 Å². The molecule has 0 saturated heterocycles. The minimum atomic E-state index is 0.575. The second-order valence-electron chi connectivity index (χ2n) is 7.11. The minimum Gasteiger partial charge on any atom is -0.488 e. The highest BCUT2D eigenvalue weighted by atomic mass is 16.5. The van der Waals surface area contributed by atoms with E-state index >= 15 is 0 Å². The number of nitrogens with zero attached hydrogens (tertiary/aromatic N) is 1. The molecule has 29 heavy (non-hydrogen) atoms. The SMILES string of the molecule is C=Cc1cccc(/C=C/c2cc(C)c(OCc3ccccc3)c(C)c2)[n+]1CCN. The Bertz CT molecular complexity index is 983. The van der Waals surface area contributed by atoms with Crippen LogP contribution in [0.4, 0.5) is 0 Å². The average Bonchev–Trinajstić information content (AvgIpc) is 2.73. The highest BCUT2D eigenvalue weighted by Crippen LogP contribution is 2.26. The summed E-state index contributed by atoms with van der Waals surface area (Å²) >= 11 is 0. The summed E-state index contributed by atoms with van der Waals surface area (Å²) in [4.78, 5) is 0. The van der Waals surface area contributed by atoms with Crippen LogP contribution in [0.5, 0.6) is 5.75 Å². The average molecular weight is 386 g/mol. The van der Waals surface area contributed by atoms with E-state index < -0.39 is 0 Å². The molecule has 3 heteroatoms. The van der Waals surface area contributed by atoms with Crippen LogP contribution in [0, 0.1) is 13.8 Å². The van der Waals surface area contributed by atoms with E-state index in [9.17, 15) is 0 Å². The van der Waals surface area contributed by atoms with Crippen molar-refractivity contribution in [2.45, 2.75) is 27.0 Å². The van der Waals surface area contributed by atoms with Crippen molar-refractivity contribution in [2.24, 2.45) is 5.73 Å². The van der Waals surface area contributed by atoms with Crippen molar-refractivity contribution in [1.82, 2.24) is 0 Å². The molecule has 0 amide bonds. The lowest BCUT2D eigenvalue weighted by Crippen LogP contribution is -2.43. The first-order valence-electron chi connectivity index (χ1n) is 9.94. The van der Waals surface area contributed by atoms with Gasteiger partial charge in [-0.2, -0.15) is 4.57 Å². The first-order chi connectivity index (χ1) is 14.1. The molecule has 0 aliphatic rings. The summed E-state index contributed by atoms with van der Waals surface area (Å²) in [6, 6.07) is 20.7. The highest BCUT2D eigenvalue weighted by Gasteiger charge is 2.11. The number of rotatable bonds is 8. The molecule has 0 fully saturated rings. The molecule has 0 saturated carbocycles. The van der Waals surface area contributed by atoms with Crippen LogP contribution in [0.15, 0.2) is 67.2 Å². The van der Waals surface area contributed by atoms with Crippen LogP contribution >= 0.6 is 0 Å². The van der Waals surface area contributed by atoms with Crippen molar-refractivity contribution in [2.75, 3.05) is 6.54 Å². The van der Waals surface area contributed by atoms with Crippen molar-refractivity contribution in [3.63, 3.8) is 0 Å². The van der Waals surface area contributed by atoms with Gasteiger partial charge in [0.1, 0.15) is 12.4 Å². The zero-order valence-electron chi connectivity index (χ0n) is 17.3. The van der Waals surface area contributed by atoms with Crippen molar-refractivity contribution in [3.05, 3.63) is 101 Å². The van der Waals surface area contributed by atoms with Crippen LogP contribution in [-0.2, 0) is 13.2 Å². The molecule has 0 radical (unpaired) electrons. The Balaban J connectivity index is 1.81. The lowest BCUT2D eigenvalue weighted by molar-refractivity contribution is -0.697. The van der Waals surface area contributed by atoms with Gasteiger partial charge in [0.15, 0.2) is 6.54 Å². The zero-order valence-corrected chi connectivity index (χ0v) is 17.3. The van der Waals surface area contributed by atoms with E-state index in [0.717, 1.165) is 40.4 Å². The summed E-state index contributed by atoms with van der Waals surface area (Å²) in [5.74, 6) is 0.956. The molecule has 3 nitrogen and oxygen atoms in total. The summed E-state index contributed by atoms with van der Waals surface area (Å²) in [6.07, 6.45) is 6.12. The predicted molar refractivity (Wildman–Crippen MR) is 121 cm³/mol. The van der Waals surface area contributed by atoms with Gasteiger partial charge in [-0.05, 0) is 60.4 Å². The van der Waals surface area contributed by atoms with E-state index in [1.54, 1.807) is 0 Å². The van der Waals surface area contributed by atoms with Gasteiger partial charge in [0, 0.05) is 24.3 Å². The van der Waals surface area contributed by atoms with Crippen molar-refractivity contribution in [1.29, 1.82) is 0 Å². The number of hydrogen-bond donors (Lipinski definition) is 1. The van der Waals surface area contributed by atoms with E-state index in [0.29, 0.717) is 13.2 Å². The van der Waals surface area contributed by atoms with Gasteiger partial charge in [0.25, 0.3) is 0 Å². The second-order valence-corrected chi connectivity index (χ2v) is 7.11. The van der Waals surface area contributed by atoms with Crippen molar-refractivity contribution in [3.8, 4) is 5.75 Å². The largest absolute Gasteiger partial charge is 0.488 e.